The van der Waals surface area contributed by atoms with E-state index in [1.165, 1.54) is 0 Å². The van der Waals surface area contributed by atoms with Crippen LogP contribution in [0.1, 0.15) is 41.5 Å². The fourth-order valence-electron chi connectivity index (χ4n) is 2.47. The van der Waals surface area contributed by atoms with Crippen molar-refractivity contribution in [2.45, 2.75) is 53.1 Å². The highest BCUT2D eigenvalue weighted by Gasteiger charge is 2.46. The predicted octanol–water partition coefficient (Wildman–Crippen LogP) is 4.87. The van der Waals surface area contributed by atoms with Crippen LogP contribution in [0, 0.1) is 5.41 Å². The Morgan fingerprint density at radius 3 is 2.20 bits per heavy atom. The number of para-hydroxylation sites is 1. The van der Waals surface area contributed by atoms with Crippen molar-refractivity contribution >= 4 is 14.1 Å². The molecule has 112 valence electrons. The number of anilines is 1. The van der Waals surface area contributed by atoms with Gasteiger partial charge in [0.2, 0.25) is 8.45 Å². The molecule has 1 saturated heterocycles. The maximum absolute atomic E-state index is 6.11. The molecule has 1 fully saturated rings. The fourth-order valence-corrected chi connectivity index (χ4v) is 4.63. The lowest BCUT2D eigenvalue weighted by Gasteiger charge is -2.43. The van der Waals surface area contributed by atoms with Crippen molar-refractivity contribution in [3.63, 3.8) is 0 Å². The van der Waals surface area contributed by atoms with Crippen LogP contribution in [0.3, 0.4) is 0 Å². The van der Waals surface area contributed by atoms with Gasteiger partial charge < -0.3 is 9.61 Å². The largest absolute Gasteiger partial charge is 0.330 e. The van der Waals surface area contributed by atoms with E-state index in [1.54, 1.807) is 0 Å². The molecular formula is C16H27N2OP. The van der Waals surface area contributed by atoms with Crippen LogP contribution in [0.5, 0.6) is 0 Å². The summed E-state index contributed by atoms with van der Waals surface area (Å²) < 4.78 is 8.64. The van der Waals surface area contributed by atoms with E-state index >= 15 is 0 Å². The molecule has 2 rings (SSSR count). The molecule has 0 bridgehead atoms. The molecule has 0 radical (unpaired) electrons. The zero-order valence-corrected chi connectivity index (χ0v) is 14.4. The highest BCUT2D eigenvalue weighted by molar-refractivity contribution is 7.52. The van der Waals surface area contributed by atoms with Gasteiger partial charge >= 0.3 is 0 Å². The second kappa shape index (κ2) is 5.63. The Morgan fingerprint density at radius 2 is 1.70 bits per heavy atom. The lowest BCUT2D eigenvalue weighted by Crippen LogP contribution is -2.48. The van der Waals surface area contributed by atoms with Crippen molar-refractivity contribution in [2.75, 3.05) is 11.7 Å². The molecule has 20 heavy (non-hydrogen) atoms. The first-order valence-electron chi connectivity index (χ1n) is 7.23. The molecule has 2 unspecified atom stereocenters. The lowest BCUT2D eigenvalue weighted by atomic mass is 9.85. The summed E-state index contributed by atoms with van der Waals surface area (Å²) in [6, 6.07) is 10.8. The minimum atomic E-state index is -0.793. The second-order valence-corrected chi connectivity index (χ2v) is 8.90. The molecule has 2 atom stereocenters. The van der Waals surface area contributed by atoms with Crippen LogP contribution in [0.2, 0.25) is 0 Å². The summed E-state index contributed by atoms with van der Waals surface area (Å²) in [6.45, 7) is 14.5. The van der Waals surface area contributed by atoms with Crippen molar-refractivity contribution < 1.29 is 4.52 Å². The highest BCUT2D eigenvalue weighted by atomic mass is 31.2. The Balaban J connectivity index is 2.21. The minimum absolute atomic E-state index is 0.0852. The van der Waals surface area contributed by atoms with Gasteiger partial charge in [-0.2, -0.15) is 0 Å². The number of hydrogen-bond acceptors (Lipinski definition) is 3. The zero-order chi connectivity index (χ0) is 15.0. The molecule has 0 saturated carbocycles. The van der Waals surface area contributed by atoms with Crippen LogP contribution in [-0.2, 0) is 4.52 Å². The fraction of sp³-hybridized carbons (Fsp3) is 0.625. The first kappa shape index (κ1) is 15.8. The number of nitrogens with one attached hydrogen (secondary N) is 1. The third-order valence-corrected chi connectivity index (χ3v) is 5.64. The van der Waals surface area contributed by atoms with Crippen LogP contribution in [0.25, 0.3) is 0 Å². The van der Waals surface area contributed by atoms with Crippen LogP contribution in [0.15, 0.2) is 30.3 Å². The average Bonchev–Trinajstić information content (AvgIpc) is 2.73. The molecule has 1 aromatic rings. The third kappa shape index (κ3) is 3.52. The Morgan fingerprint density at radius 1 is 1.10 bits per heavy atom. The summed E-state index contributed by atoms with van der Waals surface area (Å²) in [6.07, 6.45) is 0. The number of rotatable bonds is 2. The van der Waals surface area contributed by atoms with Gasteiger partial charge in [-0.25, -0.2) is 4.67 Å². The van der Waals surface area contributed by atoms with E-state index in [4.69, 9.17) is 4.52 Å². The summed E-state index contributed by atoms with van der Waals surface area (Å²) in [7, 11) is -0.793. The van der Waals surface area contributed by atoms with Gasteiger partial charge in [0.05, 0.1) is 6.61 Å². The normalized spacial score (nSPS) is 24.9. The zero-order valence-electron chi connectivity index (χ0n) is 13.5. The SMILES string of the molecule is CC(C)(C)C1COP(Nc2ccccc2)N1C(C)(C)C. The average molecular weight is 294 g/mol. The molecule has 1 heterocycles. The molecule has 0 aromatic heterocycles. The Bertz CT molecular complexity index is 436. The Labute approximate surface area is 124 Å². The molecule has 1 aliphatic rings. The van der Waals surface area contributed by atoms with Crippen LogP contribution in [0.4, 0.5) is 5.69 Å². The van der Waals surface area contributed by atoms with Crippen molar-refractivity contribution in [3.8, 4) is 0 Å². The number of benzene rings is 1. The number of hydrogen-bond donors (Lipinski definition) is 1. The van der Waals surface area contributed by atoms with Gasteiger partial charge in [-0.3, -0.25) is 0 Å². The molecule has 0 spiro atoms. The van der Waals surface area contributed by atoms with Gasteiger partial charge in [-0.05, 0) is 38.3 Å². The molecule has 1 N–H and O–H groups in total. The van der Waals surface area contributed by atoms with E-state index in [-0.39, 0.29) is 11.0 Å². The van der Waals surface area contributed by atoms with E-state index in [0.29, 0.717) is 6.04 Å². The van der Waals surface area contributed by atoms with Gasteiger partial charge in [0.15, 0.2) is 0 Å². The Hall–Kier alpha value is -0.630. The van der Waals surface area contributed by atoms with Crippen molar-refractivity contribution in [1.29, 1.82) is 0 Å². The standard InChI is InChI=1S/C16H27N2OP/c1-15(2,3)14-12-19-20(18(14)16(4,5)6)17-13-10-8-7-9-11-13/h7-11,14,17H,12H2,1-6H3. The van der Waals surface area contributed by atoms with Gasteiger partial charge in [0.1, 0.15) is 0 Å². The molecule has 4 heteroatoms. The quantitative estimate of drug-likeness (QED) is 0.787. The van der Waals surface area contributed by atoms with Crippen LogP contribution in [-0.4, -0.2) is 22.9 Å². The first-order valence-corrected chi connectivity index (χ1v) is 8.45. The van der Waals surface area contributed by atoms with E-state index in [9.17, 15) is 0 Å². The van der Waals surface area contributed by atoms with Crippen molar-refractivity contribution in [2.24, 2.45) is 5.41 Å². The smallest absolute Gasteiger partial charge is 0.216 e. The first-order chi connectivity index (χ1) is 9.19. The van der Waals surface area contributed by atoms with Crippen molar-refractivity contribution in [3.05, 3.63) is 30.3 Å². The monoisotopic (exact) mass is 294 g/mol. The third-order valence-electron chi connectivity index (χ3n) is 3.53. The van der Waals surface area contributed by atoms with Gasteiger partial charge in [-0.1, -0.05) is 39.0 Å². The summed E-state index contributed by atoms with van der Waals surface area (Å²) in [5.74, 6) is 0. The van der Waals surface area contributed by atoms with E-state index in [2.05, 4.69) is 75.6 Å². The van der Waals surface area contributed by atoms with Crippen molar-refractivity contribution in [1.82, 2.24) is 4.67 Å². The topological polar surface area (TPSA) is 24.5 Å². The lowest BCUT2D eigenvalue weighted by molar-refractivity contribution is 0.117. The maximum atomic E-state index is 6.11. The molecule has 3 nitrogen and oxygen atoms in total. The second-order valence-electron chi connectivity index (χ2n) is 7.44. The summed E-state index contributed by atoms with van der Waals surface area (Å²) in [5.41, 5.74) is 1.42. The molecule has 1 aromatic carbocycles. The van der Waals surface area contributed by atoms with E-state index < -0.39 is 8.45 Å². The summed E-state index contributed by atoms with van der Waals surface area (Å²) in [5, 5.41) is 3.57. The molecule has 0 aliphatic carbocycles. The van der Waals surface area contributed by atoms with E-state index in [1.807, 2.05) is 6.07 Å². The maximum Gasteiger partial charge on any atom is 0.216 e. The molecule has 1 aliphatic heterocycles. The molecular weight excluding hydrogens is 267 g/mol. The minimum Gasteiger partial charge on any atom is -0.330 e. The van der Waals surface area contributed by atoms with Crippen LogP contribution >= 0.6 is 8.45 Å². The van der Waals surface area contributed by atoms with Gasteiger partial charge in [0.25, 0.3) is 0 Å². The predicted molar refractivity (Wildman–Crippen MR) is 87.8 cm³/mol. The van der Waals surface area contributed by atoms with Crippen LogP contribution < -0.4 is 5.09 Å². The summed E-state index contributed by atoms with van der Waals surface area (Å²) in [4.78, 5) is 0. The van der Waals surface area contributed by atoms with Gasteiger partial charge in [0, 0.05) is 17.3 Å². The van der Waals surface area contributed by atoms with E-state index in [0.717, 1.165) is 12.3 Å². The summed E-state index contributed by atoms with van der Waals surface area (Å²) >= 11 is 0. The highest BCUT2D eigenvalue weighted by Crippen LogP contribution is 2.55. The number of nitrogens with zero attached hydrogens (tertiary/aromatic N) is 1. The van der Waals surface area contributed by atoms with Gasteiger partial charge in [-0.15, -0.1) is 0 Å². The molecule has 0 amide bonds. The Kier molecular flexibility index (Phi) is 4.44.